The van der Waals surface area contributed by atoms with Crippen LogP contribution in [0.3, 0.4) is 0 Å². The molecule has 0 atom stereocenters. The predicted octanol–water partition coefficient (Wildman–Crippen LogP) is 3.64. The molecule has 17 heavy (non-hydrogen) atoms. The van der Waals surface area contributed by atoms with Crippen molar-refractivity contribution in [1.82, 2.24) is 9.55 Å². The highest BCUT2D eigenvalue weighted by Crippen LogP contribution is 2.22. The molecule has 2 heterocycles. The van der Waals surface area contributed by atoms with E-state index in [1.807, 2.05) is 12.3 Å². The number of hydrogen-bond donors (Lipinski definition) is 0. The quantitative estimate of drug-likeness (QED) is 0.614. The summed E-state index contributed by atoms with van der Waals surface area (Å²) in [5, 5.41) is 1.22. The summed E-state index contributed by atoms with van der Waals surface area (Å²) < 4.78 is 2.14. The summed E-state index contributed by atoms with van der Waals surface area (Å²) >= 11 is 0. The second-order valence-corrected chi connectivity index (χ2v) is 4.39. The van der Waals surface area contributed by atoms with E-state index in [2.05, 4.69) is 59.9 Å². The van der Waals surface area contributed by atoms with Crippen molar-refractivity contribution < 1.29 is 0 Å². The van der Waals surface area contributed by atoms with Crippen molar-refractivity contribution in [2.75, 3.05) is 0 Å². The van der Waals surface area contributed by atoms with E-state index in [0.29, 0.717) is 0 Å². The van der Waals surface area contributed by atoms with E-state index in [-0.39, 0.29) is 0 Å². The number of aryl methyl sites for hydroxylation is 2. The van der Waals surface area contributed by atoms with Gasteiger partial charge in [0, 0.05) is 23.5 Å². The fourth-order valence-corrected chi connectivity index (χ4v) is 2.12. The third-order valence-electron chi connectivity index (χ3n) is 3.07. The maximum atomic E-state index is 4.46. The highest BCUT2D eigenvalue weighted by atomic mass is 15.0. The molecule has 2 aromatic heterocycles. The van der Waals surface area contributed by atoms with Gasteiger partial charge in [0.2, 0.25) is 0 Å². The lowest BCUT2D eigenvalue weighted by Gasteiger charge is -2.04. The second-order valence-electron chi connectivity index (χ2n) is 4.39. The van der Waals surface area contributed by atoms with Crippen LogP contribution in [-0.2, 0) is 0 Å². The highest BCUT2D eigenvalue weighted by Gasteiger charge is 2.06. The minimum absolute atomic E-state index is 1.02. The lowest BCUT2D eigenvalue weighted by molar-refractivity contribution is 1.08. The molecule has 0 saturated heterocycles. The molecule has 0 fully saturated rings. The molecule has 2 nitrogen and oxygen atoms in total. The second kappa shape index (κ2) is 3.74. The summed E-state index contributed by atoms with van der Waals surface area (Å²) in [6.45, 7) is 4.22. The molecule has 3 rings (SSSR count). The lowest BCUT2D eigenvalue weighted by Crippen LogP contribution is -1.93. The van der Waals surface area contributed by atoms with Crippen LogP contribution >= 0.6 is 0 Å². The van der Waals surface area contributed by atoms with Gasteiger partial charge in [0.1, 0.15) is 5.65 Å². The van der Waals surface area contributed by atoms with Gasteiger partial charge in [-0.2, -0.15) is 0 Å². The number of hydrogen-bond acceptors (Lipinski definition) is 1. The van der Waals surface area contributed by atoms with Crippen molar-refractivity contribution in [3.8, 4) is 5.69 Å². The minimum Gasteiger partial charge on any atom is -0.301 e. The number of rotatable bonds is 1. The Morgan fingerprint density at radius 3 is 2.53 bits per heavy atom. The van der Waals surface area contributed by atoms with Crippen molar-refractivity contribution >= 4 is 11.0 Å². The first-order valence-corrected chi connectivity index (χ1v) is 5.75. The molecule has 0 radical (unpaired) electrons. The molecule has 0 saturated carbocycles. The number of benzene rings is 1. The van der Waals surface area contributed by atoms with E-state index in [4.69, 9.17) is 0 Å². The van der Waals surface area contributed by atoms with Gasteiger partial charge in [-0.1, -0.05) is 17.7 Å². The van der Waals surface area contributed by atoms with Gasteiger partial charge >= 0.3 is 0 Å². The summed E-state index contributed by atoms with van der Waals surface area (Å²) in [4.78, 5) is 4.46. The third-order valence-corrected chi connectivity index (χ3v) is 3.07. The lowest BCUT2D eigenvalue weighted by atomic mass is 10.2. The Labute approximate surface area is 101 Å². The van der Waals surface area contributed by atoms with E-state index < -0.39 is 0 Å². The Balaban J connectivity index is 2.27. The van der Waals surface area contributed by atoms with Gasteiger partial charge in [0.25, 0.3) is 0 Å². The van der Waals surface area contributed by atoms with Crippen molar-refractivity contribution in [2.45, 2.75) is 13.8 Å². The zero-order valence-corrected chi connectivity index (χ0v) is 10.0. The molecule has 0 aliphatic carbocycles. The third kappa shape index (κ3) is 1.62. The van der Waals surface area contributed by atoms with Gasteiger partial charge < -0.3 is 4.57 Å². The highest BCUT2D eigenvalue weighted by molar-refractivity contribution is 5.81. The molecule has 0 bridgehead atoms. The van der Waals surface area contributed by atoms with Gasteiger partial charge in [-0.3, -0.25) is 0 Å². The monoisotopic (exact) mass is 222 g/mol. The Morgan fingerprint density at radius 1 is 1.00 bits per heavy atom. The molecule has 0 aliphatic rings. The fraction of sp³-hybridized carbons (Fsp3) is 0.133. The first-order chi connectivity index (χ1) is 8.25. The van der Waals surface area contributed by atoms with Gasteiger partial charge in [0.05, 0.1) is 0 Å². The zero-order valence-electron chi connectivity index (χ0n) is 10.0. The van der Waals surface area contributed by atoms with Crippen LogP contribution in [0.2, 0.25) is 0 Å². The minimum atomic E-state index is 1.02. The van der Waals surface area contributed by atoms with Crippen LogP contribution in [0, 0.1) is 13.8 Å². The number of aromatic nitrogens is 2. The van der Waals surface area contributed by atoms with E-state index in [0.717, 1.165) is 11.3 Å². The van der Waals surface area contributed by atoms with Gasteiger partial charge in [-0.25, -0.2) is 4.98 Å². The van der Waals surface area contributed by atoms with Crippen molar-refractivity contribution in [2.24, 2.45) is 0 Å². The molecule has 0 amide bonds. The van der Waals surface area contributed by atoms with Crippen LogP contribution in [0.15, 0.2) is 48.8 Å². The smallest absolute Gasteiger partial charge is 0.144 e. The number of pyridine rings is 1. The van der Waals surface area contributed by atoms with E-state index in [1.165, 1.54) is 16.5 Å². The Bertz CT molecular complexity index is 663. The zero-order chi connectivity index (χ0) is 11.8. The van der Waals surface area contributed by atoms with E-state index in [1.54, 1.807) is 0 Å². The standard InChI is InChI=1S/C15H14N2/c1-11-5-7-13(8-6-11)17-10-12(2)14-4-3-9-16-15(14)17/h3-10H,1-2H3. The molecule has 2 heteroatoms. The molecule has 0 aliphatic heterocycles. The normalized spacial score (nSPS) is 10.9. The molecule has 0 unspecified atom stereocenters. The fourth-order valence-electron chi connectivity index (χ4n) is 2.12. The van der Waals surface area contributed by atoms with Crippen LogP contribution in [-0.4, -0.2) is 9.55 Å². The number of fused-ring (bicyclic) bond motifs is 1. The summed E-state index contributed by atoms with van der Waals surface area (Å²) in [5.41, 5.74) is 4.71. The molecular weight excluding hydrogens is 208 g/mol. The molecule has 84 valence electrons. The first kappa shape index (κ1) is 10.1. The van der Waals surface area contributed by atoms with E-state index >= 15 is 0 Å². The van der Waals surface area contributed by atoms with Crippen LogP contribution in [0.5, 0.6) is 0 Å². The van der Waals surface area contributed by atoms with Crippen LogP contribution < -0.4 is 0 Å². The van der Waals surface area contributed by atoms with Crippen LogP contribution in [0.4, 0.5) is 0 Å². The molecule has 0 N–H and O–H groups in total. The maximum Gasteiger partial charge on any atom is 0.144 e. The van der Waals surface area contributed by atoms with Crippen LogP contribution in [0.25, 0.3) is 16.7 Å². The SMILES string of the molecule is Cc1ccc(-n2cc(C)c3cccnc32)cc1. The van der Waals surface area contributed by atoms with Gasteiger partial charge in [-0.05, 0) is 43.7 Å². The maximum absolute atomic E-state index is 4.46. The molecule has 3 aromatic rings. The predicted molar refractivity (Wildman–Crippen MR) is 70.5 cm³/mol. The Morgan fingerprint density at radius 2 is 1.76 bits per heavy atom. The average Bonchev–Trinajstić information content (AvgIpc) is 2.69. The van der Waals surface area contributed by atoms with E-state index in [9.17, 15) is 0 Å². The summed E-state index contributed by atoms with van der Waals surface area (Å²) in [6, 6.07) is 12.6. The first-order valence-electron chi connectivity index (χ1n) is 5.75. The summed E-state index contributed by atoms with van der Waals surface area (Å²) in [7, 11) is 0. The Kier molecular flexibility index (Phi) is 2.22. The van der Waals surface area contributed by atoms with Crippen molar-refractivity contribution in [3.05, 3.63) is 59.9 Å². The topological polar surface area (TPSA) is 17.8 Å². The molecule has 0 spiro atoms. The Hall–Kier alpha value is -2.09. The van der Waals surface area contributed by atoms with Crippen LogP contribution in [0.1, 0.15) is 11.1 Å². The van der Waals surface area contributed by atoms with Crippen molar-refractivity contribution in [3.63, 3.8) is 0 Å². The van der Waals surface area contributed by atoms with Gasteiger partial charge in [-0.15, -0.1) is 0 Å². The van der Waals surface area contributed by atoms with Crippen molar-refractivity contribution in [1.29, 1.82) is 0 Å². The summed E-state index contributed by atoms with van der Waals surface area (Å²) in [6.07, 6.45) is 3.98. The van der Waals surface area contributed by atoms with Gasteiger partial charge in [0.15, 0.2) is 0 Å². The molecular formula is C15H14N2. The summed E-state index contributed by atoms with van der Waals surface area (Å²) in [5.74, 6) is 0. The average molecular weight is 222 g/mol. The largest absolute Gasteiger partial charge is 0.301 e. The number of nitrogens with zero attached hydrogens (tertiary/aromatic N) is 2. The molecule has 1 aromatic carbocycles.